The lowest BCUT2D eigenvalue weighted by Crippen LogP contribution is -2.18. The van der Waals surface area contributed by atoms with Crippen LogP contribution in [0.1, 0.15) is 24.2 Å². The summed E-state index contributed by atoms with van der Waals surface area (Å²) in [5.41, 5.74) is 3.03. The third-order valence-electron chi connectivity index (χ3n) is 3.40. The number of nitrogens with zero attached hydrogens (tertiary/aromatic N) is 2. The maximum Gasteiger partial charge on any atom is 0.137 e. The SMILES string of the molecule is C[C@@H](NCc1cn2cc(Cl)ccc2n1)c1cccc(Cl)c1. The fourth-order valence-corrected chi connectivity index (χ4v) is 2.62. The number of imidazole rings is 1. The van der Waals surface area contributed by atoms with Crippen molar-refractivity contribution in [3.05, 3.63) is 70.1 Å². The molecule has 0 bridgehead atoms. The van der Waals surface area contributed by atoms with Crippen molar-refractivity contribution in [3.8, 4) is 0 Å². The van der Waals surface area contributed by atoms with Gasteiger partial charge in [0.25, 0.3) is 0 Å². The summed E-state index contributed by atoms with van der Waals surface area (Å²) in [7, 11) is 0. The molecule has 0 aliphatic heterocycles. The Morgan fingerprint density at radius 2 is 2.00 bits per heavy atom. The van der Waals surface area contributed by atoms with Crippen molar-refractivity contribution in [2.45, 2.75) is 19.5 Å². The molecule has 5 heteroatoms. The smallest absolute Gasteiger partial charge is 0.137 e. The Morgan fingerprint density at radius 3 is 2.81 bits per heavy atom. The molecular formula is C16H15Cl2N3. The molecule has 0 saturated heterocycles. The predicted octanol–water partition coefficient (Wildman–Crippen LogP) is 4.49. The summed E-state index contributed by atoms with van der Waals surface area (Å²) in [5, 5.41) is 4.90. The van der Waals surface area contributed by atoms with Gasteiger partial charge in [0.2, 0.25) is 0 Å². The minimum absolute atomic E-state index is 0.206. The summed E-state index contributed by atoms with van der Waals surface area (Å²) in [4.78, 5) is 4.55. The van der Waals surface area contributed by atoms with E-state index in [9.17, 15) is 0 Å². The lowest BCUT2D eigenvalue weighted by atomic mass is 10.1. The molecule has 0 amide bonds. The van der Waals surface area contributed by atoms with Crippen LogP contribution >= 0.6 is 23.2 Å². The first-order chi connectivity index (χ1) is 10.1. The first-order valence-electron chi connectivity index (χ1n) is 6.74. The third kappa shape index (κ3) is 3.38. The maximum absolute atomic E-state index is 6.02. The molecule has 108 valence electrons. The summed E-state index contributed by atoms with van der Waals surface area (Å²) in [6, 6.07) is 11.8. The number of aromatic nitrogens is 2. The average molecular weight is 320 g/mol. The van der Waals surface area contributed by atoms with Crippen LogP contribution in [0.4, 0.5) is 0 Å². The molecule has 2 aromatic heterocycles. The molecule has 2 heterocycles. The number of rotatable bonds is 4. The average Bonchev–Trinajstić information content (AvgIpc) is 2.86. The van der Waals surface area contributed by atoms with Gasteiger partial charge < -0.3 is 9.72 Å². The lowest BCUT2D eigenvalue weighted by molar-refractivity contribution is 0.569. The summed E-state index contributed by atoms with van der Waals surface area (Å²) in [5.74, 6) is 0. The van der Waals surface area contributed by atoms with Gasteiger partial charge in [0, 0.05) is 30.0 Å². The van der Waals surface area contributed by atoms with Crippen molar-refractivity contribution in [2.75, 3.05) is 0 Å². The number of nitrogens with one attached hydrogen (secondary N) is 1. The van der Waals surface area contributed by atoms with E-state index >= 15 is 0 Å². The second-order valence-corrected chi connectivity index (χ2v) is 5.88. The molecule has 0 aliphatic rings. The van der Waals surface area contributed by atoms with Crippen LogP contribution in [0, 0.1) is 0 Å². The second kappa shape index (κ2) is 6.06. The van der Waals surface area contributed by atoms with Gasteiger partial charge in [0.1, 0.15) is 5.65 Å². The molecule has 1 atom stereocenters. The van der Waals surface area contributed by atoms with Crippen molar-refractivity contribution in [1.82, 2.24) is 14.7 Å². The van der Waals surface area contributed by atoms with Gasteiger partial charge in [-0.05, 0) is 36.8 Å². The van der Waals surface area contributed by atoms with Gasteiger partial charge >= 0.3 is 0 Å². The standard InChI is InChI=1S/C16H15Cl2N3/c1-11(12-3-2-4-13(17)7-12)19-8-15-10-21-9-14(18)5-6-16(21)20-15/h2-7,9-11,19H,8H2,1H3/t11-/m1/s1. The number of hydrogen-bond acceptors (Lipinski definition) is 2. The Kier molecular flexibility index (Phi) is 4.15. The minimum atomic E-state index is 0.206. The molecule has 0 radical (unpaired) electrons. The largest absolute Gasteiger partial charge is 0.305 e. The van der Waals surface area contributed by atoms with E-state index in [-0.39, 0.29) is 6.04 Å². The second-order valence-electron chi connectivity index (χ2n) is 5.00. The van der Waals surface area contributed by atoms with Crippen LogP contribution in [0.2, 0.25) is 10.0 Å². The number of hydrogen-bond donors (Lipinski definition) is 1. The summed E-state index contributed by atoms with van der Waals surface area (Å²) < 4.78 is 1.93. The highest BCUT2D eigenvalue weighted by molar-refractivity contribution is 6.30. The van der Waals surface area contributed by atoms with E-state index in [0.717, 1.165) is 21.9 Å². The van der Waals surface area contributed by atoms with Crippen molar-refractivity contribution >= 4 is 28.8 Å². The lowest BCUT2D eigenvalue weighted by Gasteiger charge is -2.13. The highest BCUT2D eigenvalue weighted by Crippen LogP contribution is 2.18. The zero-order valence-corrected chi connectivity index (χ0v) is 13.1. The van der Waals surface area contributed by atoms with Crippen LogP contribution in [0.15, 0.2) is 48.8 Å². The molecule has 3 rings (SSSR count). The summed E-state index contributed by atoms with van der Waals surface area (Å²) >= 11 is 12.0. The van der Waals surface area contributed by atoms with Gasteiger partial charge in [0.05, 0.1) is 10.7 Å². The molecular weight excluding hydrogens is 305 g/mol. The van der Waals surface area contributed by atoms with Crippen LogP contribution < -0.4 is 5.32 Å². The van der Waals surface area contributed by atoms with Gasteiger partial charge in [0.15, 0.2) is 0 Å². The van der Waals surface area contributed by atoms with E-state index in [2.05, 4.69) is 23.3 Å². The highest BCUT2D eigenvalue weighted by Gasteiger charge is 2.07. The van der Waals surface area contributed by atoms with Gasteiger partial charge in [-0.25, -0.2) is 4.98 Å². The number of pyridine rings is 1. The molecule has 0 saturated carbocycles. The van der Waals surface area contributed by atoms with Gasteiger partial charge in [-0.15, -0.1) is 0 Å². The van der Waals surface area contributed by atoms with E-state index in [1.54, 1.807) is 0 Å². The quantitative estimate of drug-likeness (QED) is 0.767. The van der Waals surface area contributed by atoms with Crippen LogP contribution in [0.25, 0.3) is 5.65 Å². The molecule has 21 heavy (non-hydrogen) atoms. The molecule has 0 fully saturated rings. The summed E-state index contributed by atoms with van der Waals surface area (Å²) in [6.07, 6.45) is 3.84. The normalized spacial score (nSPS) is 12.7. The Bertz CT molecular complexity index is 767. The Morgan fingerprint density at radius 1 is 1.14 bits per heavy atom. The van der Waals surface area contributed by atoms with Crippen LogP contribution in [-0.2, 0) is 6.54 Å². The van der Waals surface area contributed by atoms with Gasteiger partial charge in [-0.3, -0.25) is 0 Å². The first-order valence-corrected chi connectivity index (χ1v) is 7.49. The topological polar surface area (TPSA) is 29.3 Å². The van der Waals surface area contributed by atoms with Gasteiger partial charge in [-0.2, -0.15) is 0 Å². The highest BCUT2D eigenvalue weighted by atomic mass is 35.5. The molecule has 1 N–H and O–H groups in total. The van der Waals surface area contributed by atoms with Crippen molar-refractivity contribution in [2.24, 2.45) is 0 Å². The van der Waals surface area contributed by atoms with Crippen LogP contribution in [0.3, 0.4) is 0 Å². The first kappa shape index (κ1) is 14.4. The fourth-order valence-electron chi connectivity index (χ4n) is 2.25. The zero-order valence-electron chi connectivity index (χ0n) is 11.6. The van der Waals surface area contributed by atoms with Crippen molar-refractivity contribution in [3.63, 3.8) is 0 Å². The monoisotopic (exact) mass is 319 g/mol. The fraction of sp³-hybridized carbons (Fsp3) is 0.188. The number of halogens is 2. The number of benzene rings is 1. The van der Waals surface area contributed by atoms with E-state index in [1.165, 1.54) is 0 Å². The zero-order chi connectivity index (χ0) is 14.8. The van der Waals surface area contributed by atoms with E-state index in [4.69, 9.17) is 23.2 Å². The molecule has 0 spiro atoms. The van der Waals surface area contributed by atoms with Crippen LogP contribution in [0.5, 0.6) is 0 Å². The van der Waals surface area contributed by atoms with Crippen LogP contribution in [-0.4, -0.2) is 9.38 Å². The molecule has 0 aliphatic carbocycles. The predicted molar refractivity (Wildman–Crippen MR) is 86.9 cm³/mol. The molecule has 3 aromatic rings. The van der Waals surface area contributed by atoms with E-state index < -0.39 is 0 Å². The molecule has 3 nitrogen and oxygen atoms in total. The Hall–Kier alpha value is -1.55. The van der Waals surface area contributed by atoms with Gasteiger partial charge in [-0.1, -0.05) is 35.3 Å². The van der Waals surface area contributed by atoms with Crippen molar-refractivity contribution in [1.29, 1.82) is 0 Å². The molecule has 0 unspecified atom stereocenters. The van der Waals surface area contributed by atoms with E-state index in [0.29, 0.717) is 11.6 Å². The number of fused-ring (bicyclic) bond motifs is 1. The molecule has 1 aromatic carbocycles. The Labute approximate surface area is 133 Å². The summed E-state index contributed by atoms with van der Waals surface area (Å²) in [6.45, 7) is 2.80. The van der Waals surface area contributed by atoms with E-state index in [1.807, 2.05) is 47.1 Å². The maximum atomic E-state index is 6.02. The third-order valence-corrected chi connectivity index (χ3v) is 3.86. The van der Waals surface area contributed by atoms with Crippen molar-refractivity contribution < 1.29 is 0 Å². The Balaban J connectivity index is 1.71. The minimum Gasteiger partial charge on any atom is -0.305 e.